The fraction of sp³-hybridized carbons (Fsp3) is 0.538. The Morgan fingerprint density at radius 2 is 2.17 bits per heavy atom. The molecule has 0 spiro atoms. The van der Waals surface area contributed by atoms with Gasteiger partial charge in [-0.05, 0) is 36.9 Å². The number of rotatable bonds is 1. The Hall–Kier alpha value is -1.13. The smallest absolute Gasteiger partial charge is 0.224 e. The number of allylic oxidation sites excluding steroid dienone is 1. The van der Waals surface area contributed by atoms with Gasteiger partial charge < -0.3 is 9.64 Å². The van der Waals surface area contributed by atoms with E-state index >= 15 is 0 Å². The average molecular weight is 266 g/mol. The number of nitrogens with zero attached hydrogens (tertiary/aromatic N) is 3. The van der Waals surface area contributed by atoms with Crippen molar-refractivity contribution < 1.29 is 4.74 Å². The van der Waals surface area contributed by atoms with Gasteiger partial charge in [-0.3, -0.25) is 0 Å². The van der Waals surface area contributed by atoms with Gasteiger partial charge >= 0.3 is 0 Å². The zero-order valence-electron chi connectivity index (χ0n) is 10.4. The second kappa shape index (κ2) is 4.86. The molecule has 0 saturated carbocycles. The second-order valence-corrected chi connectivity index (χ2v) is 5.10. The van der Waals surface area contributed by atoms with E-state index in [-0.39, 0.29) is 0 Å². The quantitative estimate of drug-likeness (QED) is 0.732. The summed E-state index contributed by atoms with van der Waals surface area (Å²) in [5, 5.41) is 0.320. The molecule has 1 fully saturated rings. The number of hydrogen-bond donors (Lipinski definition) is 0. The number of ether oxygens (including phenoxy) is 1. The standard InChI is InChI=1S/C13H16ClN3O/c1-9-2-5-17(10-3-6-18-7-4-10)12-11(9)8-15-13(14)16-12/h2,8,10H,3-7H2,1H3. The molecule has 0 amide bonds. The van der Waals surface area contributed by atoms with Crippen molar-refractivity contribution >= 4 is 23.0 Å². The van der Waals surface area contributed by atoms with Gasteiger partial charge in [-0.1, -0.05) is 6.08 Å². The van der Waals surface area contributed by atoms with Crippen LogP contribution in [0.3, 0.4) is 0 Å². The van der Waals surface area contributed by atoms with Crippen LogP contribution in [-0.4, -0.2) is 35.8 Å². The normalized spacial score (nSPS) is 20.6. The lowest BCUT2D eigenvalue weighted by Crippen LogP contribution is -2.41. The molecule has 0 atom stereocenters. The van der Waals surface area contributed by atoms with Crippen LogP contribution in [0.25, 0.3) is 5.57 Å². The summed E-state index contributed by atoms with van der Waals surface area (Å²) in [6.07, 6.45) is 6.15. The molecule has 3 rings (SSSR count). The highest BCUT2D eigenvalue weighted by atomic mass is 35.5. The third-order valence-corrected chi connectivity index (χ3v) is 3.84. The maximum absolute atomic E-state index is 5.94. The highest BCUT2D eigenvalue weighted by Crippen LogP contribution is 2.32. The summed E-state index contributed by atoms with van der Waals surface area (Å²) in [6.45, 7) is 4.66. The van der Waals surface area contributed by atoms with E-state index in [1.807, 2.05) is 6.20 Å². The monoisotopic (exact) mass is 265 g/mol. The lowest BCUT2D eigenvalue weighted by molar-refractivity contribution is 0.0847. The van der Waals surface area contributed by atoms with Crippen molar-refractivity contribution in [1.82, 2.24) is 9.97 Å². The zero-order chi connectivity index (χ0) is 12.5. The second-order valence-electron chi connectivity index (χ2n) is 4.76. The fourth-order valence-electron chi connectivity index (χ4n) is 2.60. The molecule has 0 aromatic carbocycles. The molecule has 1 aromatic heterocycles. The van der Waals surface area contributed by atoms with E-state index in [2.05, 4.69) is 27.9 Å². The van der Waals surface area contributed by atoms with Gasteiger partial charge in [0.25, 0.3) is 0 Å². The predicted molar refractivity (Wildman–Crippen MR) is 71.9 cm³/mol. The van der Waals surface area contributed by atoms with Crippen LogP contribution in [0.1, 0.15) is 25.3 Å². The molecule has 0 N–H and O–H groups in total. The van der Waals surface area contributed by atoms with Crippen LogP contribution in [-0.2, 0) is 4.74 Å². The molecule has 0 unspecified atom stereocenters. The highest BCUT2D eigenvalue weighted by molar-refractivity contribution is 6.28. The number of anilines is 1. The lowest BCUT2D eigenvalue weighted by atomic mass is 10.0. The number of aromatic nitrogens is 2. The third-order valence-electron chi connectivity index (χ3n) is 3.66. The summed E-state index contributed by atoms with van der Waals surface area (Å²) in [4.78, 5) is 10.8. The summed E-state index contributed by atoms with van der Waals surface area (Å²) in [6, 6.07) is 0.493. The minimum atomic E-state index is 0.320. The Labute approximate surface area is 112 Å². The Bertz CT molecular complexity index is 483. The van der Waals surface area contributed by atoms with Gasteiger partial charge in [-0.25, -0.2) is 4.98 Å². The largest absolute Gasteiger partial charge is 0.381 e. The average Bonchev–Trinajstić information content (AvgIpc) is 2.40. The van der Waals surface area contributed by atoms with Gasteiger partial charge in [-0.15, -0.1) is 0 Å². The Morgan fingerprint density at radius 3 is 2.94 bits per heavy atom. The lowest BCUT2D eigenvalue weighted by Gasteiger charge is -2.37. The van der Waals surface area contributed by atoms with Crippen molar-refractivity contribution in [1.29, 1.82) is 0 Å². The van der Waals surface area contributed by atoms with E-state index in [9.17, 15) is 0 Å². The van der Waals surface area contributed by atoms with Crippen LogP contribution in [0.5, 0.6) is 0 Å². The molecule has 3 heterocycles. The molecule has 18 heavy (non-hydrogen) atoms. The van der Waals surface area contributed by atoms with Crippen molar-refractivity contribution in [3.05, 3.63) is 23.1 Å². The first-order chi connectivity index (χ1) is 8.75. The summed E-state index contributed by atoms with van der Waals surface area (Å²) in [5.41, 5.74) is 2.32. The molecule has 0 aliphatic carbocycles. The summed E-state index contributed by atoms with van der Waals surface area (Å²) < 4.78 is 5.42. The molecule has 0 radical (unpaired) electrons. The van der Waals surface area contributed by atoms with Crippen LogP contribution < -0.4 is 4.90 Å². The maximum atomic E-state index is 5.94. The number of fused-ring (bicyclic) bond motifs is 1. The zero-order valence-corrected chi connectivity index (χ0v) is 11.2. The molecule has 0 bridgehead atoms. The van der Waals surface area contributed by atoms with Crippen LogP contribution in [0.4, 0.5) is 5.82 Å². The molecule has 1 saturated heterocycles. The maximum Gasteiger partial charge on any atom is 0.224 e. The van der Waals surface area contributed by atoms with Crippen LogP contribution >= 0.6 is 11.6 Å². The van der Waals surface area contributed by atoms with E-state index in [1.165, 1.54) is 5.57 Å². The van der Waals surface area contributed by atoms with Crippen LogP contribution in [0, 0.1) is 0 Å². The van der Waals surface area contributed by atoms with Gasteiger partial charge in [0.2, 0.25) is 5.28 Å². The minimum absolute atomic E-state index is 0.320. The SMILES string of the molecule is CC1=CCN(C2CCOCC2)c2nc(Cl)ncc21. The van der Waals surface area contributed by atoms with Gasteiger partial charge in [0.05, 0.1) is 0 Å². The van der Waals surface area contributed by atoms with Crippen molar-refractivity contribution in [2.45, 2.75) is 25.8 Å². The van der Waals surface area contributed by atoms with E-state index in [1.54, 1.807) is 0 Å². The first kappa shape index (κ1) is 11.9. The number of halogens is 1. The molecule has 2 aliphatic heterocycles. The molecule has 2 aliphatic rings. The number of hydrogen-bond acceptors (Lipinski definition) is 4. The summed E-state index contributed by atoms with van der Waals surface area (Å²) >= 11 is 5.94. The molecule has 1 aromatic rings. The summed E-state index contributed by atoms with van der Waals surface area (Å²) in [5.74, 6) is 0.974. The van der Waals surface area contributed by atoms with Gasteiger partial charge in [0.15, 0.2) is 0 Å². The summed E-state index contributed by atoms with van der Waals surface area (Å²) in [7, 11) is 0. The van der Waals surface area contributed by atoms with Gasteiger partial charge in [-0.2, -0.15) is 4.98 Å². The Kier molecular flexibility index (Phi) is 3.22. The topological polar surface area (TPSA) is 38.2 Å². The van der Waals surface area contributed by atoms with Crippen molar-refractivity contribution in [3.8, 4) is 0 Å². The van der Waals surface area contributed by atoms with Gasteiger partial charge in [0.1, 0.15) is 5.82 Å². The molecule has 96 valence electrons. The van der Waals surface area contributed by atoms with Crippen LogP contribution in [0.2, 0.25) is 5.28 Å². The van der Waals surface area contributed by atoms with E-state index in [4.69, 9.17) is 16.3 Å². The minimum Gasteiger partial charge on any atom is -0.381 e. The van der Waals surface area contributed by atoms with Gasteiger partial charge in [0, 0.05) is 37.6 Å². The molecular weight excluding hydrogens is 250 g/mol. The fourth-order valence-corrected chi connectivity index (χ4v) is 2.73. The molecule has 5 heteroatoms. The van der Waals surface area contributed by atoms with Crippen LogP contribution in [0.15, 0.2) is 12.3 Å². The van der Waals surface area contributed by atoms with E-state index < -0.39 is 0 Å². The van der Waals surface area contributed by atoms with E-state index in [0.717, 1.165) is 44.0 Å². The Balaban J connectivity index is 1.96. The van der Waals surface area contributed by atoms with Crippen molar-refractivity contribution in [2.75, 3.05) is 24.7 Å². The molecular formula is C13H16ClN3O. The first-order valence-electron chi connectivity index (χ1n) is 6.30. The van der Waals surface area contributed by atoms with Crippen molar-refractivity contribution in [3.63, 3.8) is 0 Å². The Morgan fingerprint density at radius 1 is 1.39 bits per heavy atom. The molecule has 4 nitrogen and oxygen atoms in total. The first-order valence-corrected chi connectivity index (χ1v) is 6.67. The van der Waals surface area contributed by atoms with Crippen molar-refractivity contribution in [2.24, 2.45) is 0 Å². The third kappa shape index (κ3) is 2.10. The van der Waals surface area contributed by atoms with E-state index in [0.29, 0.717) is 11.3 Å². The predicted octanol–water partition coefficient (Wildman–Crippen LogP) is 2.53. The highest BCUT2D eigenvalue weighted by Gasteiger charge is 2.27.